The lowest BCUT2D eigenvalue weighted by atomic mass is 10.2. The van der Waals surface area contributed by atoms with E-state index in [9.17, 15) is 4.79 Å². The number of para-hydroxylation sites is 2. The van der Waals surface area contributed by atoms with Crippen molar-refractivity contribution in [1.29, 1.82) is 0 Å². The molecule has 4 rings (SSSR count). The van der Waals surface area contributed by atoms with E-state index in [-0.39, 0.29) is 12.0 Å². The Kier molecular flexibility index (Phi) is 5.41. The zero-order valence-corrected chi connectivity index (χ0v) is 17.6. The molecule has 0 radical (unpaired) electrons. The van der Waals surface area contributed by atoms with Crippen LogP contribution in [0.15, 0.2) is 29.3 Å². The SMILES string of the molecule is Cc1nc(SCC(=O)NC[C@H]2COc3ccccc3O2)c2c(C)c(C)sc2n1. The number of aromatic nitrogens is 2. The van der Waals surface area contributed by atoms with E-state index in [4.69, 9.17) is 9.47 Å². The molecule has 28 heavy (non-hydrogen) atoms. The molecule has 1 aliphatic rings. The van der Waals surface area contributed by atoms with Crippen LogP contribution in [0.5, 0.6) is 11.5 Å². The van der Waals surface area contributed by atoms with E-state index in [0.29, 0.717) is 24.7 Å². The number of carbonyl (C=O) groups is 1. The number of fused-ring (bicyclic) bond motifs is 2. The first-order valence-corrected chi connectivity index (χ1v) is 10.8. The Labute approximate surface area is 171 Å². The number of nitrogens with one attached hydrogen (secondary N) is 1. The third-order valence-corrected chi connectivity index (χ3v) is 6.62. The number of nitrogens with zero attached hydrogens (tertiary/aromatic N) is 2. The van der Waals surface area contributed by atoms with Crippen molar-refractivity contribution in [2.75, 3.05) is 18.9 Å². The predicted octanol–water partition coefficient (Wildman–Crippen LogP) is 3.66. The molecule has 3 heterocycles. The molecule has 0 aliphatic carbocycles. The van der Waals surface area contributed by atoms with Gasteiger partial charge in [0.1, 0.15) is 28.4 Å². The van der Waals surface area contributed by atoms with E-state index in [1.165, 1.54) is 22.2 Å². The summed E-state index contributed by atoms with van der Waals surface area (Å²) in [4.78, 5) is 23.6. The molecule has 0 saturated heterocycles. The monoisotopic (exact) mass is 415 g/mol. The molecule has 3 aromatic rings. The number of hydrogen-bond donors (Lipinski definition) is 1. The summed E-state index contributed by atoms with van der Waals surface area (Å²) in [5, 5.41) is 4.86. The summed E-state index contributed by atoms with van der Waals surface area (Å²) in [6, 6.07) is 7.55. The fraction of sp³-hybridized carbons (Fsp3) is 0.350. The lowest BCUT2D eigenvalue weighted by molar-refractivity contribution is -0.119. The van der Waals surface area contributed by atoms with Gasteiger partial charge in [-0.3, -0.25) is 4.79 Å². The van der Waals surface area contributed by atoms with Crippen LogP contribution in [0, 0.1) is 20.8 Å². The van der Waals surface area contributed by atoms with Gasteiger partial charge in [-0.2, -0.15) is 0 Å². The largest absolute Gasteiger partial charge is 0.486 e. The second kappa shape index (κ2) is 7.97. The van der Waals surface area contributed by atoms with Crippen LogP contribution in [0.2, 0.25) is 0 Å². The minimum atomic E-state index is -0.196. The Morgan fingerprint density at radius 3 is 2.86 bits per heavy atom. The highest BCUT2D eigenvalue weighted by Gasteiger charge is 2.21. The highest BCUT2D eigenvalue weighted by Crippen LogP contribution is 2.35. The first-order chi connectivity index (χ1) is 13.5. The second-order valence-electron chi connectivity index (χ2n) is 6.63. The van der Waals surface area contributed by atoms with E-state index < -0.39 is 0 Å². The summed E-state index contributed by atoms with van der Waals surface area (Å²) in [7, 11) is 0. The topological polar surface area (TPSA) is 73.3 Å². The quantitative estimate of drug-likeness (QED) is 0.506. The maximum atomic E-state index is 12.3. The van der Waals surface area contributed by atoms with Gasteiger partial charge in [0.2, 0.25) is 5.91 Å². The van der Waals surface area contributed by atoms with Crippen LogP contribution in [-0.2, 0) is 4.79 Å². The fourth-order valence-corrected chi connectivity index (χ4v) is 5.10. The Bertz CT molecular complexity index is 1030. The highest BCUT2D eigenvalue weighted by atomic mass is 32.2. The van der Waals surface area contributed by atoms with Crippen LogP contribution in [-0.4, -0.2) is 40.9 Å². The van der Waals surface area contributed by atoms with Gasteiger partial charge in [0, 0.05) is 10.3 Å². The molecule has 0 bridgehead atoms. The lowest BCUT2D eigenvalue weighted by Gasteiger charge is -2.26. The van der Waals surface area contributed by atoms with Crippen LogP contribution >= 0.6 is 23.1 Å². The molecular formula is C20H21N3O3S2. The van der Waals surface area contributed by atoms with Crippen molar-refractivity contribution in [3.63, 3.8) is 0 Å². The number of ether oxygens (including phenoxy) is 2. The lowest BCUT2D eigenvalue weighted by Crippen LogP contribution is -2.41. The first-order valence-electron chi connectivity index (χ1n) is 9.03. The van der Waals surface area contributed by atoms with Crippen molar-refractivity contribution in [1.82, 2.24) is 15.3 Å². The summed E-state index contributed by atoms with van der Waals surface area (Å²) < 4.78 is 11.5. The molecule has 146 valence electrons. The molecular weight excluding hydrogens is 394 g/mol. The summed E-state index contributed by atoms with van der Waals surface area (Å²) >= 11 is 3.12. The third-order valence-electron chi connectivity index (χ3n) is 4.54. The van der Waals surface area contributed by atoms with Crippen molar-refractivity contribution in [3.8, 4) is 11.5 Å². The Balaban J connectivity index is 1.35. The van der Waals surface area contributed by atoms with Gasteiger partial charge in [0.15, 0.2) is 11.5 Å². The van der Waals surface area contributed by atoms with Crippen molar-refractivity contribution >= 4 is 39.2 Å². The fourth-order valence-electron chi connectivity index (χ4n) is 3.00. The number of aryl methyl sites for hydroxylation is 3. The van der Waals surface area contributed by atoms with Gasteiger partial charge >= 0.3 is 0 Å². The Morgan fingerprint density at radius 2 is 2.04 bits per heavy atom. The zero-order chi connectivity index (χ0) is 19.7. The van der Waals surface area contributed by atoms with Crippen molar-refractivity contribution in [2.45, 2.75) is 31.9 Å². The van der Waals surface area contributed by atoms with E-state index >= 15 is 0 Å². The van der Waals surface area contributed by atoms with Gasteiger partial charge in [0.25, 0.3) is 0 Å². The maximum absolute atomic E-state index is 12.3. The average Bonchev–Trinajstić information content (AvgIpc) is 2.97. The molecule has 0 spiro atoms. The summed E-state index contributed by atoms with van der Waals surface area (Å²) in [5.74, 6) is 2.42. The van der Waals surface area contributed by atoms with Crippen molar-refractivity contribution in [3.05, 3.63) is 40.5 Å². The van der Waals surface area contributed by atoms with Gasteiger partial charge in [-0.25, -0.2) is 9.97 Å². The van der Waals surface area contributed by atoms with E-state index in [2.05, 4.69) is 29.1 Å². The highest BCUT2D eigenvalue weighted by molar-refractivity contribution is 8.00. The Morgan fingerprint density at radius 1 is 1.25 bits per heavy atom. The number of rotatable bonds is 5. The van der Waals surface area contributed by atoms with E-state index in [0.717, 1.165) is 26.8 Å². The molecule has 2 aromatic heterocycles. The smallest absolute Gasteiger partial charge is 0.230 e. The molecule has 1 amide bonds. The van der Waals surface area contributed by atoms with Gasteiger partial charge in [-0.05, 0) is 38.5 Å². The van der Waals surface area contributed by atoms with Crippen LogP contribution in [0.4, 0.5) is 0 Å². The standard InChI is InChI=1S/C20H21N3O3S2/c1-11-12(2)28-20-18(11)19(22-13(3)23-20)27-10-17(24)21-8-14-9-25-15-6-4-5-7-16(15)26-14/h4-7,14H,8-10H2,1-3H3,(H,21,24)/t14-/m0/s1. The van der Waals surface area contributed by atoms with Gasteiger partial charge in [0.05, 0.1) is 12.3 Å². The normalized spacial score (nSPS) is 15.6. The van der Waals surface area contributed by atoms with Gasteiger partial charge in [-0.1, -0.05) is 23.9 Å². The number of thioether (sulfide) groups is 1. The van der Waals surface area contributed by atoms with Gasteiger partial charge in [-0.15, -0.1) is 11.3 Å². The maximum Gasteiger partial charge on any atom is 0.230 e. The van der Waals surface area contributed by atoms with Crippen LogP contribution in [0.3, 0.4) is 0 Å². The molecule has 6 nitrogen and oxygen atoms in total. The molecule has 1 aromatic carbocycles. The average molecular weight is 416 g/mol. The molecule has 0 saturated carbocycles. The first kappa shape index (κ1) is 19.0. The molecule has 0 fully saturated rings. The molecule has 1 N–H and O–H groups in total. The molecule has 1 atom stereocenters. The van der Waals surface area contributed by atoms with Crippen LogP contribution in [0.1, 0.15) is 16.3 Å². The van der Waals surface area contributed by atoms with Crippen molar-refractivity contribution in [2.24, 2.45) is 0 Å². The van der Waals surface area contributed by atoms with E-state index in [1.54, 1.807) is 11.3 Å². The van der Waals surface area contributed by atoms with Crippen LogP contribution in [0.25, 0.3) is 10.2 Å². The van der Waals surface area contributed by atoms with Crippen molar-refractivity contribution < 1.29 is 14.3 Å². The predicted molar refractivity (Wildman–Crippen MR) is 112 cm³/mol. The van der Waals surface area contributed by atoms with E-state index in [1.807, 2.05) is 31.2 Å². The number of benzene rings is 1. The summed E-state index contributed by atoms with van der Waals surface area (Å²) in [5.41, 5.74) is 1.19. The summed E-state index contributed by atoms with van der Waals surface area (Å²) in [6.07, 6.45) is -0.196. The number of amides is 1. The number of hydrogen-bond acceptors (Lipinski definition) is 7. The van der Waals surface area contributed by atoms with Gasteiger partial charge < -0.3 is 14.8 Å². The number of carbonyl (C=O) groups excluding carboxylic acids is 1. The third kappa shape index (κ3) is 3.93. The molecule has 0 unspecified atom stereocenters. The molecule has 1 aliphatic heterocycles. The molecule has 8 heteroatoms. The zero-order valence-electron chi connectivity index (χ0n) is 15.9. The summed E-state index contributed by atoms with van der Waals surface area (Å²) in [6.45, 7) is 6.87. The minimum Gasteiger partial charge on any atom is -0.486 e. The van der Waals surface area contributed by atoms with Crippen LogP contribution < -0.4 is 14.8 Å². The number of thiophene rings is 1. The second-order valence-corrected chi connectivity index (χ2v) is 8.80. The minimum absolute atomic E-state index is 0.0542. The Hall–Kier alpha value is -2.32.